The molecule has 1 atom stereocenters. The number of nitrogens with zero attached hydrogens (tertiary/aromatic N) is 2. The third-order valence-corrected chi connectivity index (χ3v) is 5.36. The first kappa shape index (κ1) is 22.9. The molecule has 1 aromatic heterocycles. The van der Waals surface area contributed by atoms with Crippen molar-refractivity contribution >= 4 is 11.8 Å². The molecule has 3 rings (SSSR count). The summed E-state index contributed by atoms with van der Waals surface area (Å²) in [6.07, 6.45) is 1.47. The maximum absolute atomic E-state index is 13.2. The third-order valence-electron chi connectivity index (χ3n) is 5.36. The molecule has 0 fully saturated rings. The van der Waals surface area contributed by atoms with Crippen molar-refractivity contribution in [3.63, 3.8) is 0 Å². The van der Waals surface area contributed by atoms with E-state index in [1.807, 2.05) is 6.92 Å². The summed E-state index contributed by atoms with van der Waals surface area (Å²) in [6, 6.07) is 5.23. The van der Waals surface area contributed by atoms with Crippen LogP contribution in [0.25, 0.3) is 0 Å². The highest BCUT2D eigenvalue weighted by Gasteiger charge is 2.37. The van der Waals surface area contributed by atoms with Crippen LogP contribution in [0.5, 0.6) is 11.5 Å². The number of fused-ring (bicyclic) bond motifs is 1. The zero-order valence-corrected chi connectivity index (χ0v) is 18.9. The Labute approximate surface area is 185 Å². The van der Waals surface area contributed by atoms with Gasteiger partial charge in [0.15, 0.2) is 11.5 Å². The number of hydrogen-bond acceptors (Lipinski definition) is 7. The summed E-state index contributed by atoms with van der Waals surface area (Å²) in [5.74, 6) is -0.0537. The molecular weight excluding hydrogens is 414 g/mol. The average molecular weight is 441 g/mol. The maximum Gasteiger partial charge on any atom is 0.337 e. The summed E-state index contributed by atoms with van der Waals surface area (Å²) in [4.78, 5) is 38.8. The van der Waals surface area contributed by atoms with Crippen LogP contribution in [0.3, 0.4) is 0 Å². The van der Waals surface area contributed by atoms with Gasteiger partial charge in [-0.2, -0.15) is 0 Å². The predicted molar refractivity (Wildman–Crippen MR) is 120 cm³/mol. The molecule has 1 aromatic carbocycles. The van der Waals surface area contributed by atoms with Crippen LogP contribution in [-0.2, 0) is 23.6 Å². The Morgan fingerprint density at radius 3 is 2.56 bits per heavy atom. The van der Waals surface area contributed by atoms with Gasteiger partial charge in [0.25, 0.3) is 5.56 Å². The molecule has 32 heavy (non-hydrogen) atoms. The second-order valence-electron chi connectivity index (χ2n) is 7.30. The van der Waals surface area contributed by atoms with Crippen molar-refractivity contribution in [2.75, 3.05) is 25.6 Å². The number of esters is 1. The second kappa shape index (κ2) is 9.17. The summed E-state index contributed by atoms with van der Waals surface area (Å²) in [5, 5.41) is 3.05. The molecule has 0 bridgehead atoms. The summed E-state index contributed by atoms with van der Waals surface area (Å²) in [6.45, 7) is 7.61. The van der Waals surface area contributed by atoms with Crippen LogP contribution in [0.2, 0.25) is 0 Å². The largest absolute Gasteiger partial charge is 0.493 e. The molecule has 0 amide bonds. The molecule has 0 saturated heterocycles. The van der Waals surface area contributed by atoms with Crippen LogP contribution in [0.15, 0.2) is 51.7 Å². The molecule has 0 saturated carbocycles. The fourth-order valence-corrected chi connectivity index (χ4v) is 3.84. The van der Waals surface area contributed by atoms with Gasteiger partial charge in [-0.05, 0) is 31.5 Å². The van der Waals surface area contributed by atoms with E-state index in [4.69, 9.17) is 14.2 Å². The quantitative estimate of drug-likeness (QED) is 0.518. The van der Waals surface area contributed by atoms with Gasteiger partial charge in [0.05, 0.1) is 30.8 Å². The van der Waals surface area contributed by atoms with E-state index in [0.29, 0.717) is 35.2 Å². The van der Waals surface area contributed by atoms with Crippen molar-refractivity contribution in [2.45, 2.75) is 19.8 Å². The Kier molecular flexibility index (Phi) is 6.57. The van der Waals surface area contributed by atoms with Crippen molar-refractivity contribution in [1.82, 2.24) is 9.13 Å². The van der Waals surface area contributed by atoms with Crippen LogP contribution in [-0.4, -0.2) is 35.4 Å². The van der Waals surface area contributed by atoms with E-state index in [0.717, 1.165) is 4.57 Å². The van der Waals surface area contributed by atoms with Gasteiger partial charge >= 0.3 is 11.7 Å². The molecule has 0 unspecified atom stereocenters. The fraction of sp³-hybridized carbons (Fsp3) is 0.348. The zero-order valence-electron chi connectivity index (χ0n) is 18.9. The minimum atomic E-state index is -0.793. The van der Waals surface area contributed by atoms with Gasteiger partial charge in [-0.3, -0.25) is 13.9 Å². The molecule has 1 N–H and O–H groups in total. The molecule has 0 spiro atoms. The molecule has 2 heterocycles. The monoisotopic (exact) mass is 441 g/mol. The Morgan fingerprint density at radius 1 is 1.22 bits per heavy atom. The van der Waals surface area contributed by atoms with Crippen molar-refractivity contribution < 1.29 is 19.0 Å². The lowest BCUT2D eigenvalue weighted by molar-refractivity contribution is -0.138. The minimum Gasteiger partial charge on any atom is -0.493 e. The van der Waals surface area contributed by atoms with E-state index in [-0.39, 0.29) is 17.7 Å². The summed E-state index contributed by atoms with van der Waals surface area (Å²) in [7, 11) is 4.49. The van der Waals surface area contributed by atoms with Gasteiger partial charge in [0.2, 0.25) is 0 Å². The number of methoxy groups -OCH3 is 1. The van der Waals surface area contributed by atoms with Crippen LogP contribution >= 0.6 is 0 Å². The number of ether oxygens (including phenoxy) is 3. The lowest BCUT2D eigenvalue weighted by Crippen LogP contribution is -2.43. The SMILES string of the molecule is C=CCOC(=O)C1=C(C)Nc2c(c(=O)n(C)c(=O)n2C)[C@@H]1c1ccc(OCC)c(OC)c1. The number of nitrogens with one attached hydrogen (secondary N) is 1. The Morgan fingerprint density at radius 2 is 1.94 bits per heavy atom. The second-order valence-corrected chi connectivity index (χ2v) is 7.30. The Hall–Kier alpha value is -3.75. The van der Waals surface area contributed by atoms with Gasteiger partial charge in [0.1, 0.15) is 12.4 Å². The lowest BCUT2D eigenvalue weighted by Gasteiger charge is -2.31. The molecule has 2 aromatic rings. The molecule has 170 valence electrons. The van der Waals surface area contributed by atoms with E-state index in [9.17, 15) is 14.4 Å². The smallest absolute Gasteiger partial charge is 0.337 e. The summed E-state index contributed by atoms with van der Waals surface area (Å²) >= 11 is 0. The minimum absolute atomic E-state index is 0.0209. The van der Waals surface area contributed by atoms with E-state index in [2.05, 4.69) is 11.9 Å². The van der Waals surface area contributed by atoms with Crippen LogP contribution in [0.4, 0.5) is 5.82 Å². The molecule has 0 radical (unpaired) electrons. The van der Waals surface area contributed by atoms with Gasteiger partial charge < -0.3 is 19.5 Å². The number of hydrogen-bond donors (Lipinski definition) is 1. The summed E-state index contributed by atoms with van der Waals surface area (Å²) in [5.41, 5.74) is 0.643. The fourth-order valence-electron chi connectivity index (χ4n) is 3.84. The number of aromatic nitrogens is 2. The van der Waals surface area contributed by atoms with Crippen molar-refractivity contribution in [3.05, 3.63) is 74.1 Å². The first-order chi connectivity index (χ1) is 15.3. The summed E-state index contributed by atoms with van der Waals surface area (Å²) < 4.78 is 18.8. The molecular formula is C23H27N3O6. The lowest BCUT2D eigenvalue weighted by atomic mass is 9.82. The normalized spacial score (nSPS) is 15.0. The zero-order chi connectivity index (χ0) is 23.6. The molecule has 1 aliphatic heterocycles. The van der Waals surface area contributed by atoms with Gasteiger partial charge in [0, 0.05) is 19.8 Å². The van der Waals surface area contributed by atoms with E-state index < -0.39 is 23.1 Å². The average Bonchev–Trinajstić information content (AvgIpc) is 2.79. The number of rotatable bonds is 7. The van der Waals surface area contributed by atoms with Gasteiger partial charge in [-0.15, -0.1) is 0 Å². The predicted octanol–water partition coefficient (Wildman–Crippen LogP) is 2.05. The molecule has 9 heteroatoms. The van der Waals surface area contributed by atoms with E-state index >= 15 is 0 Å². The number of anilines is 1. The number of benzene rings is 1. The highest BCUT2D eigenvalue weighted by Crippen LogP contribution is 2.42. The number of carbonyl (C=O) groups is 1. The first-order valence-electron chi connectivity index (χ1n) is 10.1. The Bertz CT molecular complexity index is 1220. The van der Waals surface area contributed by atoms with Crippen molar-refractivity contribution in [1.29, 1.82) is 0 Å². The van der Waals surface area contributed by atoms with Crippen molar-refractivity contribution in [2.24, 2.45) is 14.1 Å². The molecule has 0 aliphatic carbocycles. The standard InChI is InChI=1S/C23H27N3O6/c1-7-11-32-22(28)17-13(3)24-20-19(21(27)26(5)23(29)25(20)4)18(17)14-9-10-15(31-8-2)16(12-14)30-6/h7,9-10,12,18,24H,1,8,11H2,2-6H3/t18-/m1/s1. The van der Waals surface area contributed by atoms with Crippen LogP contribution in [0, 0.1) is 0 Å². The number of allylic oxidation sites excluding steroid dienone is 1. The first-order valence-corrected chi connectivity index (χ1v) is 10.1. The highest BCUT2D eigenvalue weighted by molar-refractivity contribution is 5.94. The molecule has 1 aliphatic rings. The Balaban J connectivity index is 2.33. The topological polar surface area (TPSA) is 101 Å². The van der Waals surface area contributed by atoms with Crippen LogP contribution < -0.4 is 26.0 Å². The molecule has 9 nitrogen and oxygen atoms in total. The van der Waals surface area contributed by atoms with Crippen molar-refractivity contribution in [3.8, 4) is 11.5 Å². The number of carbonyl (C=O) groups excluding carboxylic acids is 1. The highest BCUT2D eigenvalue weighted by atomic mass is 16.5. The van der Waals surface area contributed by atoms with Gasteiger partial charge in [-0.25, -0.2) is 9.59 Å². The maximum atomic E-state index is 13.2. The third kappa shape index (κ3) is 3.81. The van der Waals surface area contributed by atoms with Crippen LogP contribution in [0.1, 0.15) is 30.9 Å². The van der Waals surface area contributed by atoms with E-state index in [1.165, 1.54) is 24.8 Å². The van der Waals surface area contributed by atoms with Gasteiger partial charge in [-0.1, -0.05) is 18.7 Å². The van der Waals surface area contributed by atoms with E-state index in [1.54, 1.807) is 32.2 Å².